The summed E-state index contributed by atoms with van der Waals surface area (Å²) >= 11 is 4.84. The Morgan fingerprint density at radius 1 is 1.33 bits per heavy atom. The summed E-state index contributed by atoms with van der Waals surface area (Å²) in [6.07, 6.45) is -0.812. The molecule has 1 aromatic heterocycles. The summed E-state index contributed by atoms with van der Waals surface area (Å²) in [5, 5.41) is 12.1. The Morgan fingerprint density at radius 2 is 2.11 bits per heavy atom. The Labute approximate surface area is 117 Å². The van der Waals surface area contributed by atoms with Gasteiger partial charge in [0.05, 0.1) is 25.4 Å². The van der Waals surface area contributed by atoms with Crippen LogP contribution in [0.25, 0.3) is 0 Å². The second-order valence-corrected chi connectivity index (χ2v) is 5.03. The molecule has 0 spiro atoms. The van der Waals surface area contributed by atoms with E-state index in [1.165, 1.54) is 11.3 Å². The van der Waals surface area contributed by atoms with Gasteiger partial charge in [0.25, 0.3) is 0 Å². The molecule has 1 unspecified atom stereocenters. The van der Waals surface area contributed by atoms with Crippen molar-refractivity contribution < 1.29 is 14.6 Å². The quantitative estimate of drug-likeness (QED) is 0.936. The van der Waals surface area contributed by atoms with E-state index in [1.807, 2.05) is 5.38 Å². The standard InChI is InChI=1S/C12H12BrNO3S/c1-16-9-4-3-7(12(17-2)10(9)13)11(15)8-5-18-6-14-8/h3-6,11,15H,1-2H3. The minimum Gasteiger partial charge on any atom is -0.495 e. The molecule has 2 rings (SSSR count). The van der Waals surface area contributed by atoms with E-state index in [4.69, 9.17) is 9.47 Å². The summed E-state index contributed by atoms with van der Waals surface area (Å²) in [4.78, 5) is 4.11. The summed E-state index contributed by atoms with van der Waals surface area (Å²) in [5.41, 5.74) is 2.94. The highest BCUT2D eigenvalue weighted by Crippen LogP contribution is 2.40. The van der Waals surface area contributed by atoms with Gasteiger partial charge in [0.2, 0.25) is 0 Å². The molecule has 0 amide bonds. The van der Waals surface area contributed by atoms with E-state index in [0.717, 1.165) is 0 Å². The SMILES string of the molecule is COc1ccc(C(O)c2cscn2)c(OC)c1Br. The van der Waals surface area contributed by atoms with Gasteiger partial charge in [-0.05, 0) is 28.1 Å². The van der Waals surface area contributed by atoms with Crippen LogP contribution in [0.2, 0.25) is 0 Å². The van der Waals surface area contributed by atoms with Crippen LogP contribution >= 0.6 is 27.3 Å². The summed E-state index contributed by atoms with van der Waals surface area (Å²) in [6, 6.07) is 3.55. The minimum absolute atomic E-state index is 0.551. The largest absolute Gasteiger partial charge is 0.495 e. The van der Waals surface area contributed by atoms with Gasteiger partial charge in [-0.25, -0.2) is 4.98 Å². The Morgan fingerprint density at radius 3 is 2.67 bits per heavy atom. The van der Waals surface area contributed by atoms with Crippen LogP contribution in [0.1, 0.15) is 17.4 Å². The monoisotopic (exact) mass is 329 g/mol. The molecule has 0 aliphatic carbocycles. The van der Waals surface area contributed by atoms with E-state index >= 15 is 0 Å². The van der Waals surface area contributed by atoms with Crippen LogP contribution in [0.5, 0.6) is 11.5 Å². The summed E-state index contributed by atoms with van der Waals surface area (Å²) < 4.78 is 11.2. The maximum atomic E-state index is 10.3. The second kappa shape index (κ2) is 5.69. The molecular weight excluding hydrogens is 318 g/mol. The molecule has 1 N–H and O–H groups in total. The predicted octanol–water partition coefficient (Wildman–Crippen LogP) is 3.00. The number of halogens is 1. The molecule has 6 heteroatoms. The maximum Gasteiger partial charge on any atom is 0.143 e. The number of nitrogens with zero attached hydrogens (tertiary/aromatic N) is 1. The number of aliphatic hydroxyl groups is 1. The first-order chi connectivity index (χ1) is 8.69. The third-order valence-corrected chi connectivity index (χ3v) is 3.90. The van der Waals surface area contributed by atoms with Crippen LogP contribution in [0.4, 0.5) is 0 Å². The third kappa shape index (κ3) is 2.36. The fourth-order valence-electron chi connectivity index (χ4n) is 1.65. The number of ether oxygens (including phenoxy) is 2. The first kappa shape index (κ1) is 13.3. The van der Waals surface area contributed by atoms with Crippen molar-refractivity contribution in [2.75, 3.05) is 14.2 Å². The fraction of sp³-hybridized carbons (Fsp3) is 0.250. The minimum atomic E-state index is -0.812. The van der Waals surface area contributed by atoms with Gasteiger partial charge >= 0.3 is 0 Å². The van der Waals surface area contributed by atoms with Gasteiger partial charge in [0.15, 0.2) is 0 Å². The molecule has 0 saturated heterocycles. The first-order valence-corrected chi connectivity index (χ1v) is 6.89. The van der Waals surface area contributed by atoms with Crippen LogP contribution in [-0.2, 0) is 0 Å². The van der Waals surface area contributed by atoms with Gasteiger partial charge in [-0.3, -0.25) is 0 Å². The highest BCUT2D eigenvalue weighted by Gasteiger charge is 2.21. The van der Waals surface area contributed by atoms with Crippen LogP contribution < -0.4 is 9.47 Å². The smallest absolute Gasteiger partial charge is 0.143 e. The second-order valence-electron chi connectivity index (χ2n) is 3.52. The zero-order valence-corrected chi connectivity index (χ0v) is 12.3. The van der Waals surface area contributed by atoms with E-state index in [-0.39, 0.29) is 0 Å². The zero-order chi connectivity index (χ0) is 13.1. The lowest BCUT2D eigenvalue weighted by molar-refractivity contribution is 0.210. The molecule has 0 bridgehead atoms. The van der Waals surface area contributed by atoms with E-state index in [2.05, 4.69) is 20.9 Å². The summed E-state index contributed by atoms with van der Waals surface area (Å²) in [6.45, 7) is 0. The highest BCUT2D eigenvalue weighted by atomic mass is 79.9. The molecule has 0 radical (unpaired) electrons. The van der Waals surface area contributed by atoms with Crippen molar-refractivity contribution in [3.05, 3.63) is 38.8 Å². The number of aliphatic hydroxyl groups excluding tert-OH is 1. The fourth-order valence-corrected chi connectivity index (χ4v) is 2.91. The van der Waals surface area contributed by atoms with Crippen molar-refractivity contribution in [3.8, 4) is 11.5 Å². The van der Waals surface area contributed by atoms with E-state index in [9.17, 15) is 5.11 Å². The topological polar surface area (TPSA) is 51.6 Å². The van der Waals surface area contributed by atoms with Crippen LogP contribution in [0.3, 0.4) is 0 Å². The molecule has 0 aliphatic rings. The summed E-state index contributed by atoms with van der Waals surface area (Å²) in [5.74, 6) is 1.20. The van der Waals surface area contributed by atoms with Crippen molar-refractivity contribution in [1.82, 2.24) is 4.98 Å². The number of thiazole rings is 1. The van der Waals surface area contributed by atoms with Crippen molar-refractivity contribution in [3.63, 3.8) is 0 Å². The normalized spacial score (nSPS) is 12.2. The lowest BCUT2D eigenvalue weighted by atomic mass is 10.1. The van der Waals surface area contributed by atoms with Crippen LogP contribution in [0, 0.1) is 0 Å². The number of methoxy groups -OCH3 is 2. The summed E-state index contributed by atoms with van der Waals surface area (Å²) in [7, 11) is 3.13. The first-order valence-electron chi connectivity index (χ1n) is 5.15. The molecule has 1 heterocycles. The Bertz CT molecular complexity index is 530. The van der Waals surface area contributed by atoms with E-state index < -0.39 is 6.10 Å². The molecule has 0 saturated carbocycles. The van der Waals surface area contributed by atoms with Crippen molar-refractivity contribution >= 4 is 27.3 Å². The Balaban J connectivity index is 2.48. The van der Waals surface area contributed by atoms with Gasteiger partial charge in [-0.15, -0.1) is 11.3 Å². The lowest BCUT2D eigenvalue weighted by Gasteiger charge is -2.16. The molecule has 2 aromatic rings. The Hall–Kier alpha value is -1.11. The predicted molar refractivity (Wildman–Crippen MR) is 73.4 cm³/mol. The molecule has 1 atom stereocenters. The van der Waals surface area contributed by atoms with Gasteiger partial charge in [-0.1, -0.05) is 0 Å². The molecule has 4 nitrogen and oxygen atoms in total. The molecule has 18 heavy (non-hydrogen) atoms. The molecule has 96 valence electrons. The maximum absolute atomic E-state index is 10.3. The molecule has 1 aromatic carbocycles. The Kier molecular flexibility index (Phi) is 4.21. The number of benzene rings is 1. The average molecular weight is 330 g/mol. The average Bonchev–Trinajstić information content (AvgIpc) is 2.91. The van der Waals surface area contributed by atoms with E-state index in [0.29, 0.717) is 27.2 Å². The van der Waals surface area contributed by atoms with Gasteiger partial charge in [0, 0.05) is 10.9 Å². The van der Waals surface area contributed by atoms with Crippen molar-refractivity contribution in [2.45, 2.75) is 6.10 Å². The van der Waals surface area contributed by atoms with Crippen molar-refractivity contribution in [1.29, 1.82) is 0 Å². The lowest BCUT2D eigenvalue weighted by Crippen LogP contribution is -2.04. The number of rotatable bonds is 4. The van der Waals surface area contributed by atoms with E-state index in [1.54, 1.807) is 31.9 Å². The van der Waals surface area contributed by atoms with Crippen LogP contribution in [-0.4, -0.2) is 24.3 Å². The van der Waals surface area contributed by atoms with Gasteiger partial charge < -0.3 is 14.6 Å². The molecule has 0 aliphatic heterocycles. The highest BCUT2D eigenvalue weighted by molar-refractivity contribution is 9.10. The number of hydrogen-bond donors (Lipinski definition) is 1. The molecular formula is C12H12BrNO3S. The number of hydrogen-bond acceptors (Lipinski definition) is 5. The van der Waals surface area contributed by atoms with Crippen molar-refractivity contribution in [2.24, 2.45) is 0 Å². The molecule has 0 fully saturated rings. The van der Waals surface area contributed by atoms with Crippen LogP contribution in [0.15, 0.2) is 27.5 Å². The third-order valence-electron chi connectivity index (χ3n) is 2.54. The zero-order valence-electron chi connectivity index (χ0n) is 9.88. The van der Waals surface area contributed by atoms with Gasteiger partial charge in [-0.2, -0.15) is 0 Å². The number of aromatic nitrogens is 1. The van der Waals surface area contributed by atoms with Gasteiger partial charge in [0.1, 0.15) is 22.1 Å².